The highest BCUT2D eigenvalue weighted by Gasteiger charge is 2.04. The lowest BCUT2D eigenvalue weighted by Crippen LogP contribution is -2.31. The SMILES string of the molecule is C=C/C=C\C=C(/C)c1cccc[n+]1C. The van der Waals surface area contributed by atoms with Gasteiger partial charge in [-0.15, -0.1) is 0 Å². The van der Waals surface area contributed by atoms with Gasteiger partial charge < -0.3 is 0 Å². The predicted molar refractivity (Wildman–Crippen MR) is 60.6 cm³/mol. The van der Waals surface area contributed by atoms with E-state index in [1.54, 1.807) is 6.08 Å². The van der Waals surface area contributed by atoms with E-state index in [-0.39, 0.29) is 0 Å². The minimum absolute atomic E-state index is 1.22. The van der Waals surface area contributed by atoms with Gasteiger partial charge >= 0.3 is 0 Å². The Labute approximate surface area is 85.7 Å². The van der Waals surface area contributed by atoms with Crippen LogP contribution in [0.1, 0.15) is 12.6 Å². The molecule has 0 aliphatic rings. The van der Waals surface area contributed by atoms with Crippen LogP contribution in [-0.2, 0) is 7.05 Å². The Kier molecular flexibility index (Phi) is 3.86. The molecule has 0 saturated heterocycles. The van der Waals surface area contributed by atoms with Crippen LogP contribution in [0, 0.1) is 0 Å². The molecule has 0 spiro atoms. The lowest BCUT2D eigenvalue weighted by molar-refractivity contribution is -0.673. The molecule has 1 heteroatoms. The highest BCUT2D eigenvalue weighted by atomic mass is 14.9. The summed E-state index contributed by atoms with van der Waals surface area (Å²) in [4.78, 5) is 0. The van der Waals surface area contributed by atoms with Crippen molar-refractivity contribution in [2.75, 3.05) is 0 Å². The van der Waals surface area contributed by atoms with Crippen LogP contribution in [0.3, 0.4) is 0 Å². The van der Waals surface area contributed by atoms with E-state index >= 15 is 0 Å². The molecular weight excluding hydrogens is 170 g/mol. The Morgan fingerprint density at radius 2 is 2.14 bits per heavy atom. The third kappa shape index (κ3) is 2.70. The first-order valence-corrected chi connectivity index (χ1v) is 4.66. The number of hydrogen-bond acceptors (Lipinski definition) is 0. The van der Waals surface area contributed by atoms with Crippen LogP contribution >= 0.6 is 0 Å². The van der Waals surface area contributed by atoms with E-state index in [1.165, 1.54) is 11.3 Å². The molecule has 1 aromatic rings. The summed E-state index contributed by atoms with van der Waals surface area (Å²) >= 11 is 0. The molecule has 0 unspecified atom stereocenters. The molecule has 0 radical (unpaired) electrons. The van der Waals surface area contributed by atoms with Gasteiger partial charge in [-0.3, -0.25) is 0 Å². The van der Waals surface area contributed by atoms with Crippen molar-refractivity contribution in [3.63, 3.8) is 0 Å². The zero-order chi connectivity index (χ0) is 10.4. The maximum absolute atomic E-state index is 3.63. The standard InChI is InChI=1S/C13H16N/c1-4-5-6-9-12(2)13-10-7-8-11-14(13)3/h4-11H,1H2,2-3H3/q+1/b6-5-,12-9+. The first-order valence-electron chi connectivity index (χ1n) is 4.66. The fourth-order valence-electron chi connectivity index (χ4n) is 1.30. The molecule has 1 aromatic heterocycles. The number of pyridine rings is 1. The summed E-state index contributed by atoms with van der Waals surface area (Å²) in [6.45, 7) is 5.73. The van der Waals surface area contributed by atoms with E-state index in [1.807, 2.05) is 37.5 Å². The van der Waals surface area contributed by atoms with Crippen LogP contribution in [0.15, 0.2) is 55.3 Å². The Hall–Kier alpha value is -1.63. The normalized spacial score (nSPS) is 12.0. The lowest BCUT2D eigenvalue weighted by Gasteiger charge is -1.97. The van der Waals surface area contributed by atoms with Crippen molar-refractivity contribution in [1.29, 1.82) is 0 Å². The van der Waals surface area contributed by atoms with E-state index in [2.05, 4.69) is 30.2 Å². The predicted octanol–water partition coefficient (Wildman–Crippen LogP) is 2.66. The molecule has 0 aliphatic heterocycles. The fourth-order valence-corrected chi connectivity index (χ4v) is 1.30. The highest BCUT2D eigenvalue weighted by molar-refractivity contribution is 5.59. The largest absolute Gasteiger partial charge is 0.207 e. The fraction of sp³-hybridized carbons (Fsp3) is 0.154. The summed E-state index contributed by atoms with van der Waals surface area (Å²) in [7, 11) is 2.05. The highest BCUT2D eigenvalue weighted by Crippen LogP contribution is 2.07. The summed E-state index contributed by atoms with van der Waals surface area (Å²) < 4.78 is 2.10. The van der Waals surface area contributed by atoms with Crippen LogP contribution < -0.4 is 4.57 Å². The molecule has 0 bridgehead atoms. The maximum atomic E-state index is 3.63. The van der Waals surface area contributed by atoms with Gasteiger partial charge in [-0.2, -0.15) is 0 Å². The van der Waals surface area contributed by atoms with Gasteiger partial charge in [0.1, 0.15) is 7.05 Å². The van der Waals surface area contributed by atoms with Crippen molar-refractivity contribution in [2.24, 2.45) is 7.05 Å². The molecule has 0 amide bonds. The second-order valence-electron chi connectivity index (χ2n) is 3.17. The number of aromatic nitrogens is 1. The summed E-state index contributed by atoms with van der Waals surface area (Å²) in [5, 5.41) is 0. The van der Waals surface area contributed by atoms with Gasteiger partial charge in [0.2, 0.25) is 5.69 Å². The second-order valence-corrected chi connectivity index (χ2v) is 3.17. The van der Waals surface area contributed by atoms with Crippen molar-refractivity contribution >= 4 is 5.57 Å². The quantitative estimate of drug-likeness (QED) is 0.504. The van der Waals surface area contributed by atoms with Gasteiger partial charge in [-0.1, -0.05) is 30.9 Å². The van der Waals surface area contributed by atoms with Crippen molar-refractivity contribution < 1.29 is 4.57 Å². The first kappa shape index (κ1) is 10.5. The third-order valence-corrected chi connectivity index (χ3v) is 2.05. The zero-order valence-corrected chi connectivity index (χ0v) is 8.77. The Morgan fingerprint density at radius 3 is 2.79 bits per heavy atom. The molecule has 0 fully saturated rings. The summed E-state index contributed by atoms with van der Waals surface area (Å²) in [5.41, 5.74) is 2.47. The average Bonchev–Trinajstić information content (AvgIpc) is 2.18. The zero-order valence-electron chi connectivity index (χ0n) is 8.77. The van der Waals surface area contributed by atoms with Crippen molar-refractivity contribution in [3.05, 3.63) is 61.0 Å². The summed E-state index contributed by atoms with van der Waals surface area (Å²) in [6.07, 6.45) is 9.82. The van der Waals surface area contributed by atoms with Gasteiger partial charge in [0.25, 0.3) is 0 Å². The Morgan fingerprint density at radius 1 is 1.36 bits per heavy atom. The molecule has 0 N–H and O–H groups in total. The number of aryl methyl sites for hydroxylation is 1. The Bertz CT molecular complexity index is 373. The number of nitrogens with zero attached hydrogens (tertiary/aromatic N) is 1. The van der Waals surface area contributed by atoms with Crippen molar-refractivity contribution in [3.8, 4) is 0 Å². The number of rotatable bonds is 3. The topological polar surface area (TPSA) is 3.88 Å². The molecule has 72 valence electrons. The van der Waals surface area contributed by atoms with E-state index in [4.69, 9.17) is 0 Å². The molecule has 0 atom stereocenters. The molecule has 14 heavy (non-hydrogen) atoms. The number of allylic oxidation sites excluding steroid dienone is 5. The van der Waals surface area contributed by atoms with Gasteiger partial charge in [0, 0.05) is 17.7 Å². The van der Waals surface area contributed by atoms with Crippen LogP contribution in [0.4, 0.5) is 0 Å². The van der Waals surface area contributed by atoms with Crippen LogP contribution in [-0.4, -0.2) is 0 Å². The minimum Gasteiger partial charge on any atom is -0.201 e. The van der Waals surface area contributed by atoms with Crippen molar-refractivity contribution in [1.82, 2.24) is 0 Å². The maximum Gasteiger partial charge on any atom is 0.207 e. The van der Waals surface area contributed by atoms with E-state index < -0.39 is 0 Å². The van der Waals surface area contributed by atoms with Crippen LogP contribution in [0.25, 0.3) is 5.57 Å². The molecule has 0 aromatic carbocycles. The van der Waals surface area contributed by atoms with Crippen LogP contribution in [0.5, 0.6) is 0 Å². The third-order valence-electron chi connectivity index (χ3n) is 2.05. The molecule has 1 nitrogen and oxygen atoms in total. The smallest absolute Gasteiger partial charge is 0.201 e. The second kappa shape index (κ2) is 5.18. The van der Waals surface area contributed by atoms with E-state index in [0.717, 1.165) is 0 Å². The number of hydrogen-bond donors (Lipinski definition) is 0. The van der Waals surface area contributed by atoms with E-state index in [0.29, 0.717) is 0 Å². The Balaban J connectivity index is 2.94. The summed E-state index contributed by atoms with van der Waals surface area (Å²) in [5.74, 6) is 0. The molecule has 1 rings (SSSR count). The van der Waals surface area contributed by atoms with Crippen LogP contribution in [0.2, 0.25) is 0 Å². The van der Waals surface area contributed by atoms with Gasteiger partial charge in [-0.05, 0) is 13.0 Å². The first-order chi connectivity index (χ1) is 6.75. The van der Waals surface area contributed by atoms with Crippen molar-refractivity contribution in [2.45, 2.75) is 6.92 Å². The van der Waals surface area contributed by atoms with Gasteiger partial charge in [-0.25, -0.2) is 4.57 Å². The van der Waals surface area contributed by atoms with Gasteiger partial charge in [0.05, 0.1) is 0 Å². The molecular formula is C13H16N+. The van der Waals surface area contributed by atoms with Gasteiger partial charge in [0.15, 0.2) is 6.20 Å². The molecule has 1 heterocycles. The lowest BCUT2D eigenvalue weighted by atomic mass is 10.1. The average molecular weight is 186 g/mol. The summed E-state index contributed by atoms with van der Waals surface area (Å²) in [6, 6.07) is 6.17. The monoisotopic (exact) mass is 186 g/mol. The van der Waals surface area contributed by atoms with E-state index in [9.17, 15) is 0 Å². The minimum atomic E-state index is 1.22. The molecule has 0 saturated carbocycles. The molecule has 0 aliphatic carbocycles.